The number of fused-ring (bicyclic) bond motifs is 1. The Morgan fingerprint density at radius 2 is 1.97 bits per heavy atom. The zero-order valence-corrected chi connectivity index (χ0v) is 17.1. The summed E-state index contributed by atoms with van der Waals surface area (Å²) in [6, 6.07) is 15.1. The number of anilines is 1. The summed E-state index contributed by atoms with van der Waals surface area (Å²) in [6.45, 7) is 3.96. The number of carbonyl (C=O) groups excluding carboxylic acids is 2. The van der Waals surface area contributed by atoms with Crippen molar-refractivity contribution in [2.75, 3.05) is 32.1 Å². The van der Waals surface area contributed by atoms with Crippen molar-refractivity contribution < 1.29 is 14.3 Å². The van der Waals surface area contributed by atoms with Crippen molar-refractivity contribution >= 4 is 17.5 Å². The van der Waals surface area contributed by atoms with Crippen LogP contribution in [-0.2, 0) is 4.74 Å². The molecule has 0 fully saturated rings. The lowest BCUT2D eigenvalue weighted by molar-refractivity contribution is 0.0721. The van der Waals surface area contributed by atoms with Gasteiger partial charge in [0, 0.05) is 49.2 Å². The molecule has 2 aromatic rings. The van der Waals surface area contributed by atoms with Crippen LogP contribution in [0.15, 0.2) is 48.5 Å². The van der Waals surface area contributed by atoms with E-state index in [1.807, 2.05) is 47.4 Å². The molecule has 29 heavy (non-hydrogen) atoms. The second-order valence-corrected chi connectivity index (χ2v) is 7.17. The highest BCUT2D eigenvalue weighted by molar-refractivity contribution is 5.99. The number of nitrogens with one attached hydrogen (secondary N) is 2. The van der Waals surface area contributed by atoms with Gasteiger partial charge < -0.3 is 20.3 Å². The number of benzene rings is 2. The van der Waals surface area contributed by atoms with Gasteiger partial charge in [0.05, 0.1) is 0 Å². The minimum Gasteiger partial charge on any atom is -0.385 e. The molecule has 2 aromatic carbocycles. The van der Waals surface area contributed by atoms with Gasteiger partial charge in [0.2, 0.25) is 0 Å². The SMILES string of the molecule is CCCCNC(=O)c1cccc(NC2c3ccccc3C(=O)N2CCCOC)c1. The number of nitrogens with zero attached hydrogens (tertiary/aromatic N) is 1. The van der Waals surface area contributed by atoms with E-state index in [9.17, 15) is 9.59 Å². The van der Waals surface area contributed by atoms with E-state index in [0.29, 0.717) is 25.3 Å². The maximum atomic E-state index is 12.9. The van der Waals surface area contributed by atoms with Crippen molar-refractivity contribution in [2.24, 2.45) is 0 Å². The predicted octanol–water partition coefficient (Wildman–Crippen LogP) is 3.82. The van der Waals surface area contributed by atoms with E-state index in [1.54, 1.807) is 13.2 Å². The minimum absolute atomic E-state index is 0.0164. The first-order chi connectivity index (χ1) is 14.2. The van der Waals surface area contributed by atoms with E-state index in [0.717, 1.165) is 36.1 Å². The zero-order valence-electron chi connectivity index (χ0n) is 17.1. The first kappa shape index (κ1) is 20.9. The molecule has 154 valence electrons. The summed E-state index contributed by atoms with van der Waals surface area (Å²) < 4.78 is 5.15. The number of unbranched alkanes of at least 4 members (excludes halogenated alkanes) is 1. The average molecular weight is 396 g/mol. The normalized spacial score (nSPS) is 15.3. The summed E-state index contributed by atoms with van der Waals surface area (Å²) in [6.07, 6.45) is 2.49. The van der Waals surface area contributed by atoms with Crippen LogP contribution >= 0.6 is 0 Å². The highest BCUT2D eigenvalue weighted by atomic mass is 16.5. The summed E-state index contributed by atoms with van der Waals surface area (Å²) in [5, 5.41) is 6.39. The summed E-state index contributed by atoms with van der Waals surface area (Å²) in [5.41, 5.74) is 3.08. The second-order valence-electron chi connectivity index (χ2n) is 7.17. The van der Waals surface area contributed by atoms with Gasteiger partial charge in [-0.05, 0) is 37.1 Å². The maximum Gasteiger partial charge on any atom is 0.256 e. The van der Waals surface area contributed by atoms with Crippen LogP contribution in [0.4, 0.5) is 5.69 Å². The minimum atomic E-state index is -0.269. The molecule has 0 bridgehead atoms. The Labute approximate surface area is 172 Å². The van der Waals surface area contributed by atoms with Crippen LogP contribution in [-0.4, -0.2) is 43.5 Å². The molecular formula is C23H29N3O3. The lowest BCUT2D eigenvalue weighted by Crippen LogP contribution is -2.33. The molecule has 0 radical (unpaired) electrons. The van der Waals surface area contributed by atoms with Gasteiger partial charge in [0.25, 0.3) is 11.8 Å². The van der Waals surface area contributed by atoms with Crippen molar-refractivity contribution in [3.63, 3.8) is 0 Å². The topological polar surface area (TPSA) is 70.7 Å². The predicted molar refractivity (Wildman–Crippen MR) is 114 cm³/mol. The number of amides is 2. The summed E-state index contributed by atoms with van der Waals surface area (Å²) in [5.74, 6) is -0.0652. The highest BCUT2D eigenvalue weighted by Crippen LogP contribution is 2.34. The van der Waals surface area contributed by atoms with Crippen LogP contribution < -0.4 is 10.6 Å². The third kappa shape index (κ3) is 4.95. The Kier molecular flexibility index (Phi) is 7.25. The standard InChI is InChI=1S/C23H29N3O3/c1-3-4-13-24-22(27)17-9-7-10-18(16-17)25-21-19-11-5-6-12-20(19)23(28)26(21)14-8-15-29-2/h5-7,9-12,16,21,25H,3-4,8,13-15H2,1-2H3,(H,24,27). The molecule has 1 atom stereocenters. The molecule has 2 amide bonds. The van der Waals surface area contributed by atoms with Crippen molar-refractivity contribution in [1.82, 2.24) is 10.2 Å². The van der Waals surface area contributed by atoms with Crippen LogP contribution in [0.2, 0.25) is 0 Å². The first-order valence-electron chi connectivity index (χ1n) is 10.2. The quantitative estimate of drug-likeness (QED) is 0.600. The molecule has 0 saturated carbocycles. The lowest BCUT2D eigenvalue weighted by atomic mass is 10.1. The van der Waals surface area contributed by atoms with Crippen LogP contribution in [0.25, 0.3) is 0 Å². The molecule has 0 saturated heterocycles. The monoisotopic (exact) mass is 395 g/mol. The van der Waals surface area contributed by atoms with E-state index in [4.69, 9.17) is 4.74 Å². The number of hydrogen-bond acceptors (Lipinski definition) is 4. The highest BCUT2D eigenvalue weighted by Gasteiger charge is 2.36. The summed E-state index contributed by atoms with van der Waals surface area (Å²) in [7, 11) is 1.66. The Morgan fingerprint density at radius 1 is 1.14 bits per heavy atom. The summed E-state index contributed by atoms with van der Waals surface area (Å²) in [4.78, 5) is 27.1. The van der Waals surface area contributed by atoms with E-state index in [-0.39, 0.29) is 18.0 Å². The molecule has 0 spiro atoms. The van der Waals surface area contributed by atoms with E-state index in [2.05, 4.69) is 17.6 Å². The van der Waals surface area contributed by atoms with E-state index in [1.165, 1.54) is 0 Å². The summed E-state index contributed by atoms with van der Waals surface area (Å²) >= 11 is 0. The molecule has 6 heteroatoms. The molecule has 1 heterocycles. The Morgan fingerprint density at radius 3 is 2.76 bits per heavy atom. The molecule has 3 rings (SSSR count). The van der Waals surface area contributed by atoms with Crippen molar-refractivity contribution in [1.29, 1.82) is 0 Å². The maximum absolute atomic E-state index is 12.9. The molecule has 0 aromatic heterocycles. The zero-order chi connectivity index (χ0) is 20.6. The van der Waals surface area contributed by atoms with Gasteiger partial charge in [-0.3, -0.25) is 9.59 Å². The molecule has 0 aliphatic carbocycles. The van der Waals surface area contributed by atoms with Gasteiger partial charge >= 0.3 is 0 Å². The third-order valence-corrected chi connectivity index (χ3v) is 5.05. The van der Waals surface area contributed by atoms with Crippen LogP contribution in [0.3, 0.4) is 0 Å². The van der Waals surface area contributed by atoms with Crippen LogP contribution in [0, 0.1) is 0 Å². The Balaban J connectivity index is 1.78. The van der Waals surface area contributed by atoms with E-state index >= 15 is 0 Å². The fourth-order valence-electron chi connectivity index (χ4n) is 3.52. The number of rotatable bonds is 10. The second kappa shape index (κ2) is 10.1. The first-order valence-corrected chi connectivity index (χ1v) is 10.2. The molecule has 2 N–H and O–H groups in total. The van der Waals surface area contributed by atoms with Gasteiger partial charge in [-0.15, -0.1) is 0 Å². The van der Waals surface area contributed by atoms with Crippen molar-refractivity contribution in [3.05, 3.63) is 65.2 Å². The van der Waals surface area contributed by atoms with Gasteiger partial charge in [0.15, 0.2) is 0 Å². The Bertz CT molecular complexity index is 853. The molecule has 1 aliphatic rings. The van der Waals surface area contributed by atoms with E-state index < -0.39 is 0 Å². The number of methoxy groups -OCH3 is 1. The van der Waals surface area contributed by atoms with Gasteiger partial charge in [-0.1, -0.05) is 37.6 Å². The van der Waals surface area contributed by atoms with Crippen LogP contribution in [0.1, 0.15) is 58.6 Å². The molecular weight excluding hydrogens is 366 g/mol. The largest absolute Gasteiger partial charge is 0.385 e. The van der Waals surface area contributed by atoms with Crippen molar-refractivity contribution in [3.8, 4) is 0 Å². The fourth-order valence-corrected chi connectivity index (χ4v) is 3.52. The smallest absolute Gasteiger partial charge is 0.256 e. The molecule has 1 unspecified atom stereocenters. The fraction of sp³-hybridized carbons (Fsp3) is 0.391. The van der Waals surface area contributed by atoms with Gasteiger partial charge in [-0.25, -0.2) is 0 Å². The average Bonchev–Trinajstić information content (AvgIpc) is 3.00. The molecule has 6 nitrogen and oxygen atoms in total. The van der Waals surface area contributed by atoms with Gasteiger partial charge in [0.1, 0.15) is 6.17 Å². The van der Waals surface area contributed by atoms with Crippen molar-refractivity contribution in [2.45, 2.75) is 32.4 Å². The number of hydrogen-bond donors (Lipinski definition) is 2. The van der Waals surface area contributed by atoms with Crippen LogP contribution in [0.5, 0.6) is 0 Å². The number of ether oxygens (including phenoxy) is 1. The Hall–Kier alpha value is -2.86. The lowest BCUT2D eigenvalue weighted by Gasteiger charge is -2.27. The number of carbonyl (C=O) groups is 2. The van der Waals surface area contributed by atoms with Gasteiger partial charge in [-0.2, -0.15) is 0 Å². The molecule has 1 aliphatic heterocycles. The third-order valence-electron chi connectivity index (χ3n) is 5.05.